The topological polar surface area (TPSA) is 66.4 Å². The lowest BCUT2D eigenvalue weighted by molar-refractivity contribution is -0.159. The van der Waals surface area contributed by atoms with Crippen molar-refractivity contribution >= 4 is 33.5 Å². The zero-order chi connectivity index (χ0) is 15.8. The summed E-state index contributed by atoms with van der Waals surface area (Å²) in [4.78, 5) is 23.3. The molecule has 1 saturated carbocycles. The lowest BCUT2D eigenvalue weighted by atomic mass is 9.68. The van der Waals surface area contributed by atoms with Gasteiger partial charge in [0.05, 0.1) is 11.3 Å². The van der Waals surface area contributed by atoms with Crippen molar-refractivity contribution in [1.82, 2.24) is 0 Å². The number of halogens is 4. The Labute approximate surface area is 126 Å². The monoisotopic (exact) mass is 365 g/mol. The van der Waals surface area contributed by atoms with Crippen LogP contribution in [-0.2, 0) is 15.8 Å². The molecule has 8 heteroatoms. The molecule has 2 N–H and O–H groups in total. The number of carboxylic acid groups (broad SMARTS) is 1. The van der Waals surface area contributed by atoms with Crippen LogP contribution >= 0.6 is 15.9 Å². The van der Waals surface area contributed by atoms with Gasteiger partial charge in [-0.15, -0.1) is 0 Å². The standard InChI is InChI=1S/C13H11BrF3NO3/c14-8-3-2-7(13(15,16)17)6-9(8)18-10(19)12(11(20)21)4-1-5-12/h2-3,6H,1,4-5H2,(H,18,19)(H,20,21). The number of nitrogens with one attached hydrogen (secondary N) is 1. The van der Waals surface area contributed by atoms with E-state index in [9.17, 15) is 22.8 Å². The maximum Gasteiger partial charge on any atom is 0.416 e. The third-order valence-electron chi connectivity index (χ3n) is 3.59. The molecular formula is C13H11BrF3NO3. The molecule has 114 valence electrons. The molecular weight excluding hydrogens is 355 g/mol. The Hall–Kier alpha value is -1.57. The Morgan fingerprint density at radius 2 is 1.90 bits per heavy atom. The molecule has 0 heterocycles. The molecule has 2 rings (SSSR count). The number of hydrogen-bond donors (Lipinski definition) is 2. The third-order valence-corrected chi connectivity index (χ3v) is 4.28. The van der Waals surface area contributed by atoms with Gasteiger partial charge in [-0.2, -0.15) is 13.2 Å². The minimum absolute atomic E-state index is 0.0950. The molecule has 21 heavy (non-hydrogen) atoms. The van der Waals surface area contributed by atoms with E-state index in [0.717, 1.165) is 18.2 Å². The quantitative estimate of drug-likeness (QED) is 0.803. The molecule has 0 radical (unpaired) electrons. The average molecular weight is 366 g/mol. The van der Waals surface area contributed by atoms with Crippen LogP contribution in [0.25, 0.3) is 0 Å². The molecule has 1 aromatic carbocycles. The van der Waals surface area contributed by atoms with Gasteiger partial charge in [-0.05, 0) is 47.0 Å². The number of anilines is 1. The minimum Gasteiger partial charge on any atom is -0.480 e. The van der Waals surface area contributed by atoms with Gasteiger partial charge in [0.25, 0.3) is 0 Å². The van der Waals surface area contributed by atoms with Crippen molar-refractivity contribution in [3.63, 3.8) is 0 Å². The molecule has 0 aromatic heterocycles. The predicted molar refractivity (Wildman–Crippen MR) is 71.7 cm³/mol. The van der Waals surface area contributed by atoms with Gasteiger partial charge in [0.1, 0.15) is 5.41 Å². The summed E-state index contributed by atoms with van der Waals surface area (Å²) in [6.07, 6.45) is -3.57. The van der Waals surface area contributed by atoms with Crippen molar-refractivity contribution in [2.24, 2.45) is 5.41 Å². The SMILES string of the molecule is O=C(O)C1(C(=O)Nc2cc(C(F)(F)F)ccc2Br)CCC1. The second-order valence-corrected chi connectivity index (χ2v) is 5.74. The number of carbonyl (C=O) groups excluding carboxylic acids is 1. The highest BCUT2D eigenvalue weighted by Gasteiger charge is 2.51. The highest BCUT2D eigenvalue weighted by Crippen LogP contribution is 2.43. The number of carbonyl (C=O) groups is 2. The van der Waals surface area contributed by atoms with Gasteiger partial charge in [0.15, 0.2) is 0 Å². The van der Waals surface area contributed by atoms with E-state index in [1.54, 1.807) is 0 Å². The van der Waals surface area contributed by atoms with Crippen molar-refractivity contribution in [1.29, 1.82) is 0 Å². The minimum atomic E-state index is -4.54. The van der Waals surface area contributed by atoms with E-state index >= 15 is 0 Å². The summed E-state index contributed by atoms with van der Waals surface area (Å²) in [6, 6.07) is 2.80. The molecule has 1 amide bonds. The van der Waals surface area contributed by atoms with Gasteiger partial charge >= 0.3 is 12.1 Å². The predicted octanol–water partition coefficient (Wildman–Crippen LogP) is 3.66. The van der Waals surface area contributed by atoms with Gasteiger partial charge in [-0.3, -0.25) is 9.59 Å². The number of carboxylic acids is 1. The number of amides is 1. The van der Waals surface area contributed by atoms with Crippen molar-refractivity contribution in [3.8, 4) is 0 Å². The first-order chi connectivity index (χ1) is 9.67. The van der Waals surface area contributed by atoms with Crippen LogP contribution < -0.4 is 5.32 Å². The molecule has 0 spiro atoms. The number of benzene rings is 1. The van der Waals surface area contributed by atoms with Gasteiger partial charge < -0.3 is 10.4 Å². The number of rotatable bonds is 3. The molecule has 0 atom stereocenters. The van der Waals surface area contributed by atoms with Crippen LogP contribution in [0.2, 0.25) is 0 Å². The Bertz CT molecular complexity index is 597. The Morgan fingerprint density at radius 3 is 2.33 bits per heavy atom. The van der Waals surface area contributed by atoms with Crippen LogP contribution in [0.1, 0.15) is 24.8 Å². The largest absolute Gasteiger partial charge is 0.480 e. The first-order valence-electron chi connectivity index (χ1n) is 6.08. The van der Waals surface area contributed by atoms with E-state index in [2.05, 4.69) is 21.2 Å². The first kappa shape index (κ1) is 15.8. The normalized spacial score (nSPS) is 17.0. The molecule has 0 aliphatic heterocycles. The summed E-state index contributed by atoms with van der Waals surface area (Å²) in [6.45, 7) is 0. The number of aliphatic carboxylic acids is 1. The van der Waals surface area contributed by atoms with E-state index in [0.29, 0.717) is 6.42 Å². The summed E-state index contributed by atoms with van der Waals surface area (Å²) < 4.78 is 38.2. The molecule has 0 unspecified atom stereocenters. The van der Waals surface area contributed by atoms with Crippen molar-refractivity contribution in [2.45, 2.75) is 25.4 Å². The third kappa shape index (κ3) is 2.90. The molecule has 1 aromatic rings. The van der Waals surface area contributed by atoms with Crippen molar-refractivity contribution in [2.75, 3.05) is 5.32 Å². The van der Waals surface area contributed by atoms with Gasteiger partial charge in [0, 0.05) is 4.47 Å². The molecule has 0 saturated heterocycles. The fourth-order valence-corrected chi connectivity index (χ4v) is 2.45. The lowest BCUT2D eigenvalue weighted by Gasteiger charge is -2.35. The van der Waals surface area contributed by atoms with E-state index in [-0.39, 0.29) is 23.0 Å². The summed E-state index contributed by atoms with van der Waals surface area (Å²) in [5.41, 5.74) is -2.55. The summed E-state index contributed by atoms with van der Waals surface area (Å²) in [5, 5.41) is 11.4. The Kier molecular flexibility index (Phi) is 4.01. The second-order valence-electron chi connectivity index (χ2n) is 4.89. The fraction of sp³-hybridized carbons (Fsp3) is 0.385. The van der Waals surface area contributed by atoms with Crippen molar-refractivity contribution in [3.05, 3.63) is 28.2 Å². The van der Waals surface area contributed by atoms with E-state index < -0.39 is 29.0 Å². The molecule has 1 aliphatic carbocycles. The number of hydrogen-bond acceptors (Lipinski definition) is 2. The van der Waals surface area contributed by atoms with Crippen LogP contribution in [0, 0.1) is 5.41 Å². The van der Waals surface area contributed by atoms with Crippen molar-refractivity contribution < 1.29 is 27.9 Å². The van der Waals surface area contributed by atoms with Crippen LogP contribution in [0.3, 0.4) is 0 Å². The van der Waals surface area contributed by atoms with Gasteiger partial charge in [-0.1, -0.05) is 6.42 Å². The maximum atomic E-state index is 12.7. The van der Waals surface area contributed by atoms with Crippen LogP contribution in [0.4, 0.5) is 18.9 Å². The fourth-order valence-electron chi connectivity index (χ4n) is 2.11. The Morgan fingerprint density at radius 1 is 1.29 bits per heavy atom. The summed E-state index contributed by atoms with van der Waals surface area (Å²) in [5.74, 6) is -2.05. The first-order valence-corrected chi connectivity index (χ1v) is 6.88. The van der Waals surface area contributed by atoms with Crippen LogP contribution in [-0.4, -0.2) is 17.0 Å². The van der Waals surface area contributed by atoms with Gasteiger partial charge in [0.2, 0.25) is 5.91 Å². The second kappa shape index (κ2) is 5.32. The smallest absolute Gasteiger partial charge is 0.416 e. The van der Waals surface area contributed by atoms with E-state index in [4.69, 9.17) is 5.11 Å². The Balaban J connectivity index is 2.27. The van der Waals surface area contributed by atoms with Crippen LogP contribution in [0.5, 0.6) is 0 Å². The summed E-state index contributed by atoms with van der Waals surface area (Å²) >= 11 is 3.04. The molecule has 1 aliphatic rings. The average Bonchev–Trinajstić information content (AvgIpc) is 2.28. The van der Waals surface area contributed by atoms with Gasteiger partial charge in [-0.25, -0.2) is 0 Å². The summed E-state index contributed by atoms with van der Waals surface area (Å²) in [7, 11) is 0. The highest BCUT2D eigenvalue weighted by atomic mass is 79.9. The molecule has 0 bridgehead atoms. The molecule has 4 nitrogen and oxygen atoms in total. The lowest BCUT2D eigenvalue weighted by Crippen LogP contribution is -2.48. The zero-order valence-electron chi connectivity index (χ0n) is 10.6. The van der Waals surface area contributed by atoms with E-state index in [1.165, 1.54) is 0 Å². The zero-order valence-corrected chi connectivity index (χ0v) is 12.2. The number of alkyl halides is 3. The van der Waals surface area contributed by atoms with E-state index in [1.807, 2.05) is 0 Å². The maximum absolute atomic E-state index is 12.7. The molecule has 1 fully saturated rings. The highest BCUT2D eigenvalue weighted by molar-refractivity contribution is 9.10. The van der Waals surface area contributed by atoms with Crippen LogP contribution in [0.15, 0.2) is 22.7 Å².